The molecule has 1 atom stereocenters. The Kier molecular flexibility index (Phi) is 3.92. The SMILES string of the molecule is Cc1oc(C)c(C(=O)NCC2COc3ccccc3C2)c1C. The number of fused-ring (bicyclic) bond motifs is 1. The molecule has 1 N–H and O–H groups in total. The predicted octanol–water partition coefficient (Wildman–Crippen LogP) is 3.19. The van der Waals surface area contributed by atoms with Crippen LogP contribution in [0.5, 0.6) is 5.75 Å². The fourth-order valence-corrected chi connectivity index (χ4v) is 2.97. The molecule has 0 saturated carbocycles. The van der Waals surface area contributed by atoms with Crippen LogP contribution in [0.1, 0.15) is 33.0 Å². The molecule has 1 aromatic heterocycles. The number of carbonyl (C=O) groups is 1. The Labute approximate surface area is 130 Å². The average molecular weight is 299 g/mol. The Morgan fingerprint density at radius 2 is 2.00 bits per heavy atom. The van der Waals surface area contributed by atoms with E-state index < -0.39 is 0 Å². The van der Waals surface area contributed by atoms with Gasteiger partial charge < -0.3 is 14.5 Å². The summed E-state index contributed by atoms with van der Waals surface area (Å²) in [5.74, 6) is 2.68. The molecule has 2 aromatic rings. The van der Waals surface area contributed by atoms with E-state index in [0.717, 1.165) is 23.5 Å². The van der Waals surface area contributed by atoms with Gasteiger partial charge in [-0.15, -0.1) is 0 Å². The van der Waals surface area contributed by atoms with E-state index in [1.807, 2.05) is 39.0 Å². The first-order chi connectivity index (χ1) is 10.6. The van der Waals surface area contributed by atoms with Crippen molar-refractivity contribution in [1.29, 1.82) is 0 Å². The van der Waals surface area contributed by atoms with Crippen molar-refractivity contribution in [2.75, 3.05) is 13.2 Å². The minimum absolute atomic E-state index is 0.0642. The lowest BCUT2D eigenvalue weighted by atomic mass is 9.96. The van der Waals surface area contributed by atoms with Gasteiger partial charge >= 0.3 is 0 Å². The van der Waals surface area contributed by atoms with Crippen LogP contribution in [0.4, 0.5) is 0 Å². The first kappa shape index (κ1) is 14.7. The third kappa shape index (κ3) is 2.73. The summed E-state index contributed by atoms with van der Waals surface area (Å²) in [7, 11) is 0. The van der Waals surface area contributed by atoms with Crippen LogP contribution in [0.3, 0.4) is 0 Å². The summed E-state index contributed by atoms with van der Waals surface area (Å²) >= 11 is 0. The van der Waals surface area contributed by atoms with E-state index in [1.165, 1.54) is 5.56 Å². The highest BCUT2D eigenvalue weighted by molar-refractivity contribution is 5.96. The van der Waals surface area contributed by atoms with Crippen LogP contribution in [0, 0.1) is 26.7 Å². The van der Waals surface area contributed by atoms with Gasteiger partial charge in [0.25, 0.3) is 5.91 Å². The quantitative estimate of drug-likeness (QED) is 0.947. The van der Waals surface area contributed by atoms with Gasteiger partial charge in [-0.1, -0.05) is 18.2 Å². The molecular formula is C18H21NO3. The molecule has 3 rings (SSSR count). The number of hydrogen-bond acceptors (Lipinski definition) is 3. The van der Waals surface area contributed by atoms with Gasteiger partial charge in [0.1, 0.15) is 17.3 Å². The molecule has 116 valence electrons. The Hall–Kier alpha value is -2.23. The van der Waals surface area contributed by atoms with Gasteiger partial charge in [0.15, 0.2) is 0 Å². The molecule has 22 heavy (non-hydrogen) atoms. The minimum Gasteiger partial charge on any atom is -0.493 e. The summed E-state index contributed by atoms with van der Waals surface area (Å²) in [4.78, 5) is 12.4. The van der Waals surface area contributed by atoms with Gasteiger partial charge in [-0.3, -0.25) is 4.79 Å². The van der Waals surface area contributed by atoms with Gasteiger partial charge in [-0.05, 0) is 38.8 Å². The van der Waals surface area contributed by atoms with Gasteiger partial charge in [-0.25, -0.2) is 0 Å². The molecule has 0 bridgehead atoms. The van der Waals surface area contributed by atoms with Crippen molar-refractivity contribution in [1.82, 2.24) is 5.32 Å². The molecule has 1 aliphatic rings. The number of ether oxygens (including phenoxy) is 1. The summed E-state index contributed by atoms with van der Waals surface area (Å²) in [6.45, 7) is 6.87. The Balaban J connectivity index is 1.63. The number of nitrogens with one attached hydrogen (secondary N) is 1. The minimum atomic E-state index is -0.0642. The lowest BCUT2D eigenvalue weighted by Gasteiger charge is -2.25. The van der Waals surface area contributed by atoms with E-state index in [0.29, 0.717) is 30.4 Å². The largest absolute Gasteiger partial charge is 0.493 e. The first-order valence-electron chi connectivity index (χ1n) is 7.61. The number of carbonyl (C=O) groups excluding carboxylic acids is 1. The average Bonchev–Trinajstić information content (AvgIpc) is 2.77. The molecule has 1 aromatic carbocycles. The Bertz CT molecular complexity index is 702. The van der Waals surface area contributed by atoms with Crippen LogP contribution >= 0.6 is 0 Å². The van der Waals surface area contributed by atoms with Crippen molar-refractivity contribution in [3.8, 4) is 5.75 Å². The van der Waals surface area contributed by atoms with E-state index in [9.17, 15) is 4.79 Å². The number of aryl methyl sites for hydroxylation is 2. The second-order valence-corrected chi connectivity index (χ2v) is 5.91. The predicted molar refractivity (Wildman–Crippen MR) is 84.4 cm³/mol. The lowest BCUT2D eigenvalue weighted by molar-refractivity contribution is 0.0937. The molecule has 0 fully saturated rings. The molecule has 4 nitrogen and oxygen atoms in total. The fraction of sp³-hybridized carbons (Fsp3) is 0.389. The molecule has 4 heteroatoms. The summed E-state index contributed by atoms with van der Waals surface area (Å²) < 4.78 is 11.3. The topological polar surface area (TPSA) is 51.5 Å². The molecule has 0 radical (unpaired) electrons. The number of amides is 1. The second kappa shape index (κ2) is 5.87. The van der Waals surface area contributed by atoms with E-state index >= 15 is 0 Å². The maximum Gasteiger partial charge on any atom is 0.255 e. The highest BCUT2D eigenvalue weighted by Crippen LogP contribution is 2.26. The van der Waals surface area contributed by atoms with Crippen LogP contribution in [0.2, 0.25) is 0 Å². The van der Waals surface area contributed by atoms with Crippen molar-refractivity contribution in [2.24, 2.45) is 5.92 Å². The third-order valence-electron chi connectivity index (χ3n) is 4.30. The summed E-state index contributed by atoms with van der Waals surface area (Å²) in [6, 6.07) is 8.07. The number of furan rings is 1. The number of hydrogen-bond donors (Lipinski definition) is 1. The number of rotatable bonds is 3. The Morgan fingerprint density at radius 1 is 1.23 bits per heavy atom. The highest BCUT2D eigenvalue weighted by Gasteiger charge is 2.22. The van der Waals surface area contributed by atoms with Gasteiger partial charge in [0.2, 0.25) is 0 Å². The molecule has 0 aliphatic carbocycles. The second-order valence-electron chi connectivity index (χ2n) is 5.91. The lowest BCUT2D eigenvalue weighted by Crippen LogP contribution is -2.35. The van der Waals surface area contributed by atoms with Crippen molar-refractivity contribution in [2.45, 2.75) is 27.2 Å². The molecular weight excluding hydrogens is 278 g/mol. The van der Waals surface area contributed by atoms with E-state index in [-0.39, 0.29) is 5.91 Å². The Morgan fingerprint density at radius 3 is 2.73 bits per heavy atom. The summed E-state index contributed by atoms with van der Waals surface area (Å²) in [6.07, 6.45) is 0.929. The fourth-order valence-electron chi connectivity index (χ4n) is 2.97. The third-order valence-corrected chi connectivity index (χ3v) is 4.30. The summed E-state index contributed by atoms with van der Waals surface area (Å²) in [5.41, 5.74) is 2.79. The van der Waals surface area contributed by atoms with Crippen LogP contribution in [-0.4, -0.2) is 19.1 Å². The van der Waals surface area contributed by atoms with E-state index in [4.69, 9.17) is 9.15 Å². The zero-order valence-corrected chi connectivity index (χ0v) is 13.2. The van der Waals surface area contributed by atoms with Crippen molar-refractivity contribution in [3.63, 3.8) is 0 Å². The van der Waals surface area contributed by atoms with Crippen LogP contribution in [-0.2, 0) is 6.42 Å². The van der Waals surface area contributed by atoms with Gasteiger partial charge in [0.05, 0.1) is 12.2 Å². The van der Waals surface area contributed by atoms with Gasteiger partial charge in [-0.2, -0.15) is 0 Å². The maximum atomic E-state index is 12.4. The monoisotopic (exact) mass is 299 g/mol. The summed E-state index contributed by atoms with van der Waals surface area (Å²) in [5, 5.41) is 3.02. The van der Waals surface area contributed by atoms with Gasteiger partial charge in [0, 0.05) is 18.0 Å². The van der Waals surface area contributed by atoms with Crippen LogP contribution in [0.25, 0.3) is 0 Å². The van der Waals surface area contributed by atoms with Crippen molar-refractivity contribution >= 4 is 5.91 Å². The zero-order valence-electron chi connectivity index (χ0n) is 13.2. The van der Waals surface area contributed by atoms with E-state index in [2.05, 4.69) is 11.4 Å². The highest BCUT2D eigenvalue weighted by atomic mass is 16.5. The zero-order chi connectivity index (χ0) is 15.7. The molecule has 0 spiro atoms. The number of para-hydroxylation sites is 1. The van der Waals surface area contributed by atoms with Crippen molar-refractivity contribution < 1.29 is 13.9 Å². The normalized spacial score (nSPS) is 16.8. The molecule has 1 unspecified atom stereocenters. The molecule has 1 aliphatic heterocycles. The van der Waals surface area contributed by atoms with Crippen molar-refractivity contribution in [3.05, 3.63) is 52.5 Å². The smallest absolute Gasteiger partial charge is 0.255 e. The molecule has 2 heterocycles. The first-order valence-corrected chi connectivity index (χ1v) is 7.61. The maximum absolute atomic E-state index is 12.4. The van der Waals surface area contributed by atoms with Crippen LogP contribution in [0.15, 0.2) is 28.7 Å². The molecule has 1 amide bonds. The van der Waals surface area contributed by atoms with E-state index in [1.54, 1.807) is 0 Å². The molecule has 0 saturated heterocycles. The number of benzene rings is 1. The van der Waals surface area contributed by atoms with Crippen LogP contribution < -0.4 is 10.1 Å². The standard InChI is InChI=1S/C18H21NO3/c1-11-12(2)22-13(3)17(11)18(20)19-9-14-8-15-6-4-5-7-16(15)21-10-14/h4-7,14H,8-10H2,1-3H3,(H,19,20).